The van der Waals surface area contributed by atoms with Gasteiger partial charge in [0.1, 0.15) is 5.82 Å². The van der Waals surface area contributed by atoms with Gasteiger partial charge in [-0.1, -0.05) is 42.8 Å². The van der Waals surface area contributed by atoms with Gasteiger partial charge in [0.15, 0.2) is 5.17 Å². The molecule has 1 aromatic rings. The van der Waals surface area contributed by atoms with E-state index in [9.17, 15) is 4.39 Å². The third-order valence-corrected chi connectivity index (χ3v) is 5.20. The lowest BCUT2D eigenvalue weighted by molar-refractivity contribution is 0.308. The topological polar surface area (TPSA) is 15.6 Å². The van der Waals surface area contributed by atoms with E-state index < -0.39 is 0 Å². The average Bonchev–Trinajstić information content (AvgIpc) is 3.01. The van der Waals surface area contributed by atoms with Crippen LogP contribution >= 0.6 is 11.8 Å². The Morgan fingerprint density at radius 3 is 2.70 bits per heavy atom. The molecule has 1 aliphatic heterocycles. The minimum Gasteiger partial charge on any atom is -0.344 e. The van der Waals surface area contributed by atoms with Crippen molar-refractivity contribution in [3.05, 3.63) is 35.6 Å². The van der Waals surface area contributed by atoms with Gasteiger partial charge < -0.3 is 4.90 Å². The van der Waals surface area contributed by atoms with Crippen molar-refractivity contribution in [1.82, 2.24) is 4.90 Å². The fraction of sp³-hybridized carbons (Fsp3) is 0.562. The lowest BCUT2D eigenvalue weighted by Gasteiger charge is -2.33. The predicted molar refractivity (Wildman–Crippen MR) is 83.6 cm³/mol. The van der Waals surface area contributed by atoms with Gasteiger partial charge >= 0.3 is 0 Å². The van der Waals surface area contributed by atoms with Crippen LogP contribution in [0.5, 0.6) is 0 Å². The second-order valence-corrected chi connectivity index (χ2v) is 6.59. The van der Waals surface area contributed by atoms with Crippen LogP contribution in [-0.4, -0.2) is 28.4 Å². The Bertz CT molecular complexity index is 483. The highest BCUT2D eigenvalue weighted by atomic mass is 32.2. The maximum Gasteiger partial charge on any atom is 0.159 e. The van der Waals surface area contributed by atoms with Crippen LogP contribution in [0.25, 0.3) is 0 Å². The van der Waals surface area contributed by atoms with Crippen LogP contribution in [0.4, 0.5) is 4.39 Å². The zero-order valence-electron chi connectivity index (χ0n) is 11.7. The summed E-state index contributed by atoms with van der Waals surface area (Å²) < 4.78 is 13.9. The molecule has 0 N–H and O–H groups in total. The number of amidine groups is 1. The highest BCUT2D eigenvalue weighted by Crippen LogP contribution is 2.29. The molecule has 3 rings (SSSR count). The molecule has 1 heterocycles. The largest absolute Gasteiger partial charge is 0.344 e. The molecule has 0 saturated heterocycles. The van der Waals surface area contributed by atoms with Gasteiger partial charge in [0.25, 0.3) is 0 Å². The lowest BCUT2D eigenvalue weighted by Crippen LogP contribution is -2.38. The van der Waals surface area contributed by atoms with E-state index >= 15 is 0 Å². The summed E-state index contributed by atoms with van der Waals surface area (Å²) in [6, 6.07) is 7.66. The number of halogens is 1. The summed E-state index contributed by atoms with van der Waals surface area (Å²) in [6.07, 6.45) is 6.17. The van der Waals surface area contributed by atoms with Crippen molar-refractivity contribution in [3.63, 3.8) is 0 Å². The van der Waals surface area contributed by atoms with E-state index in [2.05, 4.69) is 9.89 Å². The average molecular weight is 292 g/mol. The van der Waals surface area contributed by atoms with Crippen LogP contribution in [0, 0.1) is 5.82 Å². The van der Waals surface area contributed by atoms with E-state index in [4.69, 9.17) is 0 Å². The molecule has 0 amide bonds. The van der Waals surface area contributed by atoms with Crippen molar-refractivity contribution in [2.24, 2.45) is 4.99 Å². The smallest absolute Gasteiger partial charge is 0.159 e. The molecule has 0 bridgehead atoms. The first-order chi connectivity index (χ1) is 9.84. The minimum atomic E-state index is -0.100. The summed E-state index contributed by atoms with van der Waals surface area (Å²) in [4.78, 5) is 7.04. The molecule has 2 nitrogen and oxygen atoms in total. The van der Waals surface area contributed by atoms with Gasteiger partial charge in [0.05, 0.1) is 0 Å². The zero-order chi connectivity index (χ0) is 13.8. The number of benzene rings is 1. The Morgan fingerprint density at radius 1 is 1.20 bits per heavy atom. The van der Waals surface area contributed by atoms with Gasteiger partial charge in [-0.3, -0.25) is 4.99 Å². The quantitative estimate of drug-likeness (QED) is 0.835. The fourth-order valence-corrected chi connectivity index (χ4v) is 4.02. The molecular weight excluding hydrogens is 271 g/mol. The Balaban J connectivity index is 1.81. The summed E-state index contributed by atoms with van der Waals surface area (Å²) >= 11 is 1.84. The van der Waals surface area contributed by atoms with Gasteiger partial charge in [-0.05, 0) is 25.3 Å². The van der Waals surface area contributed by atoms with Crippen molar-refractivity contribution in [2.45, 2.75) is 44.7 Å². The van der Waals surface area contributed by atoms with Gasteiger partial charge in [0, 0.05) is 30.4 Å². The van der Waals surface area contributed by atoms with Crippen LogP contribution in [-0.2, 0) is 6.54 Å². The Labute approximate surface area is 124 Å². The van der Waals surface area contributed by atoms with Gasteiger partial charge in [-0.15, -0.1) is 0 Å². The molecule has 1 saturated carbocycles. The van der Waals surface area contributed by atoms with Crippen molar-refractivity contribution < 1.29 is 4.39 Å². The third-order valence-electron chi connectivity index (χ3n) is 4.09. The molecule has 108 valence electrons. The maximum atomic E-state index is 13.9. The lowest BCUT2D eigenvalue weighted by atomic mass is 10.1. The molecule has 0 unspecified atom stereocenters. The first-order valence-electron chi connectivity index (χ1n) is 7.52. The highest BCUT2D eigenvalue weighted by Gasteiger charge is 2.27. The molecule has 0 spiro atoms. The maximum absolute atomic E-state index is 13.9. The standard InChI is InChI=1S/C16H21FN2S/c17-15-9-4-1-6-13(15)12-19(14-7-2-3-8-14)16-18-10-5-11-20-16/h1,4,6,9,14H,2-3,5,7-8,10-12H2. The van der Waals surface area contributed by atoms with E-state index in [0.717, 1.165) is 29.4 Å². The van der Waals surface area contributed by atoms with E-state index in [1.165, 1.54) is 25.7 Å². The summed E-state index contributed by atoms with van der Waals surface area (Å²) in [5, 5.41) is 1.13. The molecular formula is C16H21FN2S. The van der Waals surface area contributed by atoms with Crippen molar-refractivity contribution in [1.29, 1.82) is 0 Å². The summed E-state index contributed by atoms with van der Waals surface area (Å²) in [7, 11) is 0. The molecule has 1 fully saturated rings. The van der Waals surface area contributed by atoms with E-state index in [-0.39, 0.29) is 5.82 Å². The number of thioether (sulfide) groups is 1. The number of nitrogens with zero attached hydrogens (tertiary/aromatic N) is 2. The normalized spacial score (nSPS) is 19.9. The van der Waals surface area contributed by atoms with Gasteiger partial charge in [0.2, 0.25) is 0 Å². The fourth-order valence-electron chi connectivity index (χ4n) is 3.00. The summed E-state index contributed by atoms with van der Waals surface area (Å²) in [6.45, 7) is 1.58. The first-order valence-corrected chi connectivity index (χ1v) is 8.50. The van der Waals surface area contributed by atoms with Gasteiger partial charge in [-0.2, -0.15) is 0 Å². The van der Waals surface area contributed by atoms with E-state index in [0.29, 0.717) is 12.6 Å². The number of hydrogen-bond acceptors (Lipinski definition) is 3. The number of hydrogen-bond donors (Lipinski definition) is 0. The van der Waals surface area contributed by atoms with Crippen molar-refractivity contribution >= 4 is 16.9 Å². The Morgan fingerprint density at radius 2 is 2.00 bits per heavy atom. The van der Waals surface area contributed by atoms with Crippen LogP contribution in [0.15, 0.2) is 29.3 Å². The zero-order valence-corrected chi connectivity index (χ0v) is 12.5. The first kappa shape index (κ1) is 13.9. The van der Waals surface area contributed by atoms with Crippen molar-refractivity contribution in [2.75, 3.05) is 12.3 Å². The highest BCUT2D eigenvalue weighted by molar-refractivity contribution is 8.13. The molecule has 1 aliphatic carbocycles. The predicted octanol–water partition coefficient (Wildman–Crippen LogP) is 4.06. The monoisotopic (exact) mass is 292 g/mol. The molecule has 4 heteroatoms. The van der Waals surface area contributed by atoms with Crippen LogP contribution in [0.2, 0.25) is 0 Å². The number of rotatable bonds is 3. The van der Waals surface area contributed by atoms with Crippen LogP contribution < -0.4 is 0 Å². The van der Waals surface area contributed by atoms with E-state index in [1.54, 1.807) is 12.1 Å². The summed E-state index contributed by atoms with van der Waals surface area (Å²) in [5.74, 6) is 1.04. The van der Waals surface area contributed by atoms with E-state index in [1.807, 2.05) is 23.9 Å². The Kier molecular flexibility index (Phi) is 4.61. The molecule has 0 aromatic heterocycles. The summed E-state index contributed by atoms with van der Waals surface area (Å²) in [5.41, 5.74) is 0.785. The van der Waals surface area contributed by atoms with Gasteiger partial charge in [-0.25, -0.2) is 4.39 Å². The molecule has 1 aromatic carbocycles. The van der Waals surface area contributed by atoms with Crippen LogP contribution in [0.1, 0.15) is 37.7 Å². The molecule has 0 radical (unpaired) electrons. The molecule has 0 atom stereocenters. The minimum absolute atomic E-state index is 0.100. The third kappa shape index (κ3) is 3.17. The van der Waals surface area contributed by atoms with Crippen molar-refractivity contribution in [3.8, 4) is 0 Å². The second kappa shape index (κ2) is 6.61. The SMILES string of the molecule is Fc1ccccc1CN(C1=NCCCS1)C1CCCC1. The Hall–Kier alpha value is -1.03. The van der Waals surface area contributed by atoms with Crippen LogP contribution in [0.3, 0.4) is 0 Å². The molecule has 20 heavy (non-hydrogen) atoms. The number of aliphatic imine (C=N–C) groups is 1. The molecule has 2 aliphatic rings. The second-order valence-electron chi connectivity index (χ2n) is 5.52.